The Balaban J connectivity index is -0.000000796. The third-order valence-electron chi connectivity index (χ3n) is 4.59. The number of phenols is 1. The van der Waals surface area contributed by atoms with Gasteiger partial charge < -0.3 is 20.3 Å². The molecule has 2 aromatic rings. The quantitative estimate of drug-likeness (QED) is 0.0635. The van der Waals surface area contributed by atoms with Gasteiger partial charge in [0.25, 0.3) is 6.47 Å². The fraction of sp³-hybridized carbons (Fsp3) is 0.357. The van der Waals surface area contributed by atoms with Crippen molar-refractivity contribution in [3.05, 3.63) is 70.3 Å². The van der Waals surface area contributed by atoms with E-state index < -0.39 is 68.9 Å². The molecule has 0 fully saturated rings. The SMILES string of the molecule is C/C=C(\C)C(F)(F)F.CC.CCNC(C)=O.O=C(Oc1cc(C(F)(F)F)ccc1C(=O)S)c1ccc(C(F)(F)F)cc1O.O=CO. The van der Waals surface area contributed by atoms with Gasteiger partial charge >= 0.3 is 24.5 Å². The molecule has 0 saturated carbocycles. The number of alkyl halides is 9. The van der Waals surface area contributed by atoms with Crippen molar-refractivity contribution in [2.45, 2.75) is 60.1 Å². The lowest BCUT2D eigenvalue weighted by atomic mass is 10.1. The number of carboxylic acid groups (broad SMARTS) is 1. The first-order valence-electron chi connectivity index (χ1n) is 12.6. The molecular weight excluding hydrogens is 665 g/mol. The lowest BCUT2D eigenvalue weighted by molar-refractivity contribution is -0.138. The molecular formula is C28H32F9NO7S. The molecule has 1 amide bonds. The zero-order valence-electron chi connectivity index (χ0n) is 25.1. The minimum atomic E-state index is -4.81. The largest absolute Gasteiger partial charge is 0.507 e. The number of thiol groups is 1. The molecule has 2 aromatic carbocycles. The summed E-state index contributed by atoms with van der Waals surface area (Å²) >= 11 is 3.45. The van der Waals surface area contributed by atoms with E-state index in [-0.39, 0.29) is 18.4 Å². The summed E-state index contributed by atoms with van der Waals surface area (Å²) in [5.74, 6) is -3.33. The normalized spacial score (nSPS) is 10.9. The van der Waals surface area contributed by atoms with Crippen LogP contribution in [0.4, 0.5) is 39.5 Å². The number of benzene rings is 2. The van der Waals surface area contributed by atoms with Gasteiger partial charge in [0.2, 0.25) is 11.0 Å². The number of rotatable bonds is 4. The highest BCUT2D eigenvalue weighted by atomic mass is 32.1. The van der Waals surface area contributed by atoms with Gasteiger partial charge in [-0.2, -0.15) is 39.5 Å². The number of carbonyl (C=O) groups excluding carboxylic acids is 3. The maximum atomic E-state index is 12.8. The molecule has 0 atom stereocenters. The Morgan fingerprint density at radius 3 is 1.54 bits per heavy atom. The van der Waals surface area contributed by atoms with Crippen LogP contribution in [0, 0.1) is 0 Å². The summed E-state index contributed by atoms with van der Waals surface area (Å²) in [5.41, 5.74) is -4.25. The van der Waals surface area contributed by atoms with E-state index in [1.54, 1.807) is 0 Å². The Morgan fingerprint density at radius 2 is 1.28 bits per heavy atom. The Hall–Kier alpha value is -4.22. The second-order valence-electron chi connectivity index (χ2n) is 7.79. The number of halogens is 9. The molecule has 0 spiro atoms. The van der Waals surface area contributed by atoms with Gasteiger partial charge in [-0.05, 0) is 57.2 Å². The maximum absolute atomic E-state index is 12.8. The molecule has 0 unspecified atom stereocenters. The van der Waals surface area contributed by atoms with Gasteiger partial charge in [0.1, 0.15) is 17.1 Å². The van der Waals surface area contributed by atoms with Gasteiger partial charge in [-0.1, -0.05) is 19.9 Å². The lowest BCUT2D eigenvalue weighted by Gasteiger charge is -2.13. The molecule has 0 aliphatic heterocycles. The number of aromatic hydroxyl groups is 1. The highest BCUT2D eigenvalue weighted by Crippen LogP contribution is 2.35. The van der Waals surface area contributed by atoms with Crippen molar-refractivity contribution in [3.63, 3.8) is 0 Å². The Labute approximate surface area is 263 Å². The number of allylic oxidation sites excluding steroid dienone is 2. The van der Waals surface area contributed by atoms with E-state index in [9.17, 15) is 59.0 Å². The Kier molecular flexibility index (Phi) is 21.6. The van der Waals surface area contributed by atoms with E-state index in [0.717, 1.165) is 25.6 Å². The molecule has 0 saturated heterocycles. The van der Waals surface area contributed by atoms with Crippen LogP contribution in [0.3, 0.4) is 0 Å². The van der Waals surface area contributed by atoms with Crippen LogP contribution in [0.2, 0.25) is 0 Å². The van der Waals surface area contributed by atoms with E-state index in [4.69, 9.17) is 9.90 Å². The van der Waals surface area contributed by atoms with Gasteiger partial charge in [-0.15, -0.1) is 12.6 Å². The number of esters is 1. The zero-order valence-corrected chi connectivity index (χ0v) is 26.0. The zero-order chi connectivity index (χ0) is 37.1. The van der Waals surface area contributed by atoms with Crippen molar-refractivity contribution in [2.24, 2.45) is 0 Å². The molecule has 0 heterocycles. The highest BCUT2D eigenvalue weighted by Gasteiger charge is 2.34. The highest BCUT2D eigenvalue weighted by molar-refractivity contribution is 7.97. The summed E-state index contributed by atoms with van der Waals surface area (Å²) in [5, 5.41) is 18.0. The van der Waals surface area contributed by atoms with Crippen molar-refractivity contribution >= 4 is 36.1 Å². The number of amides is 1. The van der Waals surface area contributed by atoms with Crippen LogP contribution in [0.5, 0.6) is 11.5 Å². The van der Waals surface area contributed by atoms with Crippen LogP contribution in [0.1, 0.15) is 73.4 Å². The third kappa shape index (κ3) is 18.6. The van der Waals surface area contributed by atoms with Crippen molar-refractivity contribution in [3.8, 4) is 11.5 Å². The smallest absolute Gasteiger partial charge is 0.416 e. The monoisotopic (exact) mass is 697 g/mol. The maximum Gasteiger partial charge on any atom is 0.416 e. The summed E-state index contributed by atoms with van der Waals surface area (Å²) in [6, 6.07) is 2.99. The van der Waals surface area contributed by atoms with E-state index in [0.29, 0.717) is 24.3 Å². The van der Waals surface area contributed by atoms with Crippen molar-refractivity contribution in [1.29, 1.82) is 0 Å². The number of hydrogen-bond donors (Lipinski definition) is 4. The van der Waals surface area contributed by atoms with Crippen LogP contribution in [-0.4, -0.2) is 46.4 Å². The van der Waals surface area contributed by atoms with Crippen LogP contribution >= 0.6 is 12.6 Å². The first-order valence-corrected chi connectivity index (χ1v) is 13.0. The van der Waals surface area contributed by atoms with Crippen LogP contribution in [0.25, 0.3) is 0 Å². The molecule has 8 nitrogen and oxygen atoms in total. The van der Waals surface area contributed by atoms with E-state index in [2.05, 4.69) is 22.7 Å². The van der Waals surface area contributed by atoms with Crippen LogP contribution in [-0.2, 0) is 21.9 Å². The number of hydrogen-bond acceptors (Lipinski definition) is 6. The molecule has 0 aromatic heterocycles. The number of phenolic OH excluding ortho intramolecular Hbond substituents is 1. The molecule has 0 aliphatic carbocycles. The number of ether oxygens (including phenoxy) is 1. The summed E-state index contributed by atoms with van der Waals surface area (Å²) in [6.07, 6.45) is -12.7. The first kappa shape index (κ1) is 46.2. The molecule has 3 N–H and O–H groups in total. The molecule has 0 radical (unpaired) electrons. The van der Waals surface area contributed by atoms with Gasteiger partial charge in [-0.3, -0.25) is 14.4 Å². The topological polar surface area (TPSA) is 130 Å². The molecule has 46 heavy (non-hydrogen) atoms. The predicted octanol–water partition coefficient (Wildman–Crippen LogP) is 8.10. The molecule has 0 aliphatic rings. The standard InChI is InChI=1S/C16H8F6O4S.C5H7F3.C4H9NO.C2H6.CH2O2/c17-15(18,19)7-1-3-9(11(23)5-7)13(24)26-12-6-8(16(20,21)22)2-4-10(12)14(25)27;1-3-4(2)5(6,7)8;1-3-5-4(2)6;1-2;2-1-3/h1-6,23H,(H,25,27);3H,1-2H3;3H2,1-2H3,(H,5,6);1-2H3;1H,(H,2,3)/b;4-3+;;;. The third-order valence-corrected chi connectivity index (χ3v) is 4.83. The molecule has 260 valence electrons. The van der Waals surface area contributed by atoms with E-state index >= 15 is 0 Å². The molecule has 0 bridgehead atoms. The minimum absolute atomic E-state index is 0.0394. The summed E-state index contributed by atoms with van der Waals surface area (Å²) < 4.78 is 115. The minimum Gasteiger partial charge on any atom is -0.507 e. The van der Waals surface area contributed by atoms with Gasteiger partial charge in [0, 0.05) is 19.0 Å². The Bertz CT molecular complexity index is 1310. The van der Waals surface area contributed by atoms with Crippen LogP contribution in [0.15, 0.2) is 48.0 Å². The van der Waals surface area contributed by atoms with Crippen molar-refractivity contribution in [2.75, 3.05) is 6.54 Å². The van der Waals surface area contributed by atoms with Gasteiger partial charge in [-0.25, -0.2) is 4.79 Å². The second kappa shape index (κ2) is 21.5. The fourth-order valence-electron chi connectivity index (χ4n) is 2.41. The van der Waals surface area contributed by atoms with Crippen LogP contribution < -0.4 is 10.1 Å². The van der Waals surface area contributed by atoms with E-state index in [1.165, 1.54) is 13.8 Å². The summed E-state index contributed by atoms with van der Waals surface area (Å²) in [6.45, 7) is 10.3. The van der Waals surface area contributed by atoms with Crippen molar-refractivity contribution < 1.29 is 73.6 Å². The van der Waals surface area contributed by atoms with Gasteiger partial charge in [0.15, 0.2) is 0 Å². The average Bonchev–Trinajstić information content (AvgIpc) is 2.93. The molecule has 2 rings (SSSR count). The van der Waals surface area contributed by atoms with Gasteiger partial charge in [0.05, 0.1) is 16.7 Å². The summed E-state index contributed by atoms with van der Waals surface area (Å²) in [7, 11) is 0. The number of nitrogens with one attached hydrogen (secondary N) is 1. The molecule has 18 heteroatoms. The fourth-order valence-corrected chi connectivity index (χ4v) is 2.59. The first-order chi connectivity index (χ1) is 21.0. The number of carbonyl (C=O) groups is 4. The Morgan fingerprint density at radius 1 is 0.870 bits per heavy atom. The lowest BCUT2D eigenvalue weighted by Crippen LogP contribution is -2.18. The van der Waals surface area contributed by atoms with Crippen molar-refractivity contribution in [1.82, 2.24) is 5.32 Å². The second-order valence-corrected chi connectivity index (χ2v) is 8.20. The average molecular weight is 698 g/mol. The predicted molar refractivity (Wildman–Crippen MR) is 153 cm³/mol. The van der Waals surface area contributed by atoms with E-state index in [1.807, 2.05) is 20.8 Å². The summed E-state index contributed by atoms with van der Waals surface area (Å²) in [4.78, 5) is 41.7.